The normalized spacial score (nSPS) is 16.3. The van der Waals surface area contributed by atoms with Crippen LogP contribution in [0.15, 0.2) is 54.6 Å². The average molecular weight is 605 g/mol. The molecule has 3 aromatic rings. The number of rotatable bonds is 6. The summed E-state index contributed by atoms with van der Waals surface area (Å²) < 4.78 is 127. The lowest BCUT2D eigenvalue weighted by molar-refractivity contribution is -0.143. The van der Waals surface area contributed by atoms with Crippen LogP contribution < -0.4 is 10.1 Å². The van der Waals surface area contributed by atoms with Gasteiger partial charge in [-0.2, -0.15) is 39.5 Å². The maximum Gasteiger partial charge on any atom is 0.416 e. The van der Waals surface area contributed by atoms with E-state index in [1.165, 1.54) is 13.2 Å². The number of urea groups is 1. The molecule has 1 fully saturated rings. The Kier molecular flexibility index (Phi) is 8.18. The number of benzene rings is 3. The summed E-state index contributed by atoms with van der Waals surface area (Å²) in [4.78, 5) is 13.9. The van der Waals surface area contributed by atoms with Crippen molar-refractivity contribution in [3.8, 4) is 16.9 Å². The monoisotopic (exact) mass is 604 g/mol. The van der Waals surface area contributed by atoms with E-state index in [1.54, 1.807) is 18.2 Å². The number of halogens is 9. The molecule has 0 aromatic heterocycles. The van der Waals surface area contributed by atoms with E-state index in [1.807, 2.05) is 13.8 Å². The van der Waals surface area contributed by atoms with Crippen LogP contribution in [0.3, 0.4) is 0 Å². The van der Waals surface area contributed by atoms with E-state index in [0.717, 1.165) is 22.6 Å². The second-order valence-corrected chi connectivity index (χ2v) is 10.2. The molecule has 1 heterocycles. The third-order valence-electron chi connectivity index (χ3n) is 6.97. The number of hydrogen-bond donors (Lipinski definition) is 1. The Morgan fingerprint density at radius 1 is 0.810 bits per heavy atom. The molecule has 0 saturated carbocycles. The summed E-state index contributed by atoms with van der Waals surface area (Å²) in [6.45, 7) is 3.04. The molecule has 226 valence electrons. The van der Waals surface area contributed by atoms with E-state index in [2.05, 4.69) is 5.32 Å². The number of hydrogen-bond acceptors (Lipinski definition) is 2. The molecule has 0 aliphatic carbocycles. The van der Waals surface area contributed by atoms with E-state index < -0.39 is 65.9 Å². The third-order valence-corrected chi connectivity index (χ3v) is 6.97. The van der Waals surface area contributed by atoms with Gasteiger partial charge in [0.1, 0.15) is 5.75 Å². The second-order valence-electron chi connectivity index (χ2n) is 10.2. The van der Waals surface area contributed by atoms with Crippen LogP contribution in [0.5, 0.6) is 5.75 Å². The summed E-state index contributed by atoms with van der Waals surface area (Å²) >= 11 is 0. The molecule has 4 rings (SSSR count). The highest BCUT2D eigenvalue weighted by atomic mass is 19.4. The van der Waals surface area contributed by atoms with Crippen molar-refractivity contribution in [2.24, 2.45) is 0 Å². The van der Waals surface area contributed by atoms with Crippen LogP contribution >= 0.6 is 0 Å². The van der Waals surface area contributed by atoms with Gasteiger partial charge >= 0.3 is 24.6 Å². The number of carbonyl (C=O) groups is 1. The highest BCUT2D eigenvalue weighted by Gasteiger charge is 2.39. The maximum atomic E-state index is 13.7. The molecule has 1 aliphatic heterocycles. The first-order valence-corrected chi connectivity index (χ1v) is 12.6. The number of alkyl halides is 9. The molecule has 1 atom stereocenters. The van der Waals surface area contributed by atoms with E-state index in [4.69, 9.17) is 4.74 Å². The second kappa shape index (κ2) is 11.1. The number of amides is 2. The van der Waals surface area contributed by atoms with Crippen LogP contribution in [0.1, 0.15) is 59.2 Å². The largest absolute Gasteiger partial charge is 0.496 e. The molecule has 0 spiro atoms. The topological polar surface area (TPSA) is 41.6 Å². The molecule has 0 bridgehead atoms. The number of carbonyl (C=O) groups excluding carboxylic acids is 1. The molecule has 1 aliphatic rings. The lowest BCUT2D eigenvalue weighted by Gasteiger charge is -2.21. The summed E-state index contributed by atoms with van der Waals surface area (Å²) in [6, 6.07) is 7.08. The summed E-state index contributed by atoms with van der Waals surface area (Å²) in [5.74, 6) is 0.416. The van der Waals surface area contributed by atoms with Gasteiger partial charge in [-0.15, -0.1) is 0 Å². The van der Waals surface area contributed by atoms with Crippen LogP contribution in [-0.2, 0) is 25.1 Å². The van der Waals surface area contributed by atoms with Gasteiger partial charge in [-0.1, -0.05) is 26.0 Å². The molecule has 42 heavy (non-hydrogen) atoms. The minimum Gasteiger partial charge on any atom is -0.496 e. The Bertz CT molecular complexity index is 1450. The molecule has 0 radical (unpaired) electrons. The van der Waals surface area contributed by atoms with Crippen molar-refractivity contribution in [1.82, 2.24) is 10.2 Å². The minimum atomic E-state index is -5.09. The van der Waals surface area contributed by atoms with Crippen molar-refractivity contribution < 1.29 is 49.0 Å². The zero-order valence-electron chi connectivity index (χ0n) is 22.4. The molecule has 1 N–H and O–H groups in total. The molecule has 1 saturated heterocycles. The first-order chi connectivity index (χ1) is 19.4. The van der Waals surface area contributed by atoms with Crippen molar-refractivity contribution in [1.29, 1.82) is 0 Å². The summed E-state index contributed by atoms with van der Waals surface area (Å²) in [6.07, 6.45) is -14.9. The summed E-state index contributed by atoms with van der Waals surface area (Å²) in [5.41, 5.74) is -2.84. The highest BCUT2D eigenvalue weighted by Crippen LogP contribution is 2.41. The Labute approximate surface area is 235 Å². The molecular formula is C29H25F9N2O2. The van der Waals surface area contributed by atoms with Crippen molar-refractivity contribution in [3.63, 3.8) is 0 Å². The molecule has 2 amide bonds. The third kappa shape index (κ3) is 6.60. The predicted molar refractivity (Wildman–Crippen MR) is 136 cm³/mol. The predicted octanol–water partition coefficient (Wildman–Crippen LogP) is 8.81. The zero-order chi connectivity index (χ0) is 31.2. The number of nitrogens with one attached hydrogen (secondary N) is 1. The molecule has 4 nitrogen and oxygen atoms in total. The van der Waals surface area contributed by atoms with Crippen molar-refractivity contribution in [2.75, 3.05) is 13.7 Å². The van der Waals surface area contributed by atoms with Gasteiger partial charge in [0, 0.05) is 18.7 Å². The lowest BCUT2D eigenvalue weighted by Crippen LogP contribution is -2.28. The lowest BCUT2D eigenvalue weighted by atomic mass is 9.92. The Balaban J connectivity index is 1.75. The van der Waals surface area contributed by atoms with E-state index in [0.29, 0.717) is 29.0 Å². The van der Waals surface area contributed by atoms with Gasteiger partial charge in [-0.25, -0.2) is 4.79 Å². The molecular weight excluding hydrogens is 579 g/mol. The number of ether oxygens (including phenoxy) is 1. The van der Waals surface area contributed by atoms with Gasteiger partial charge in [0.05, 0.1) is 29.8 Å². The van der Waals surface area contributed by atoms with Crippen LogP contribution in [0.25, 0.3) is 11.1 Å². The fraction of sp³-hybridized carbons (Fsp3) is 0.345. The zero-order valence-corrected chi connectivity index (χ0v) is 22.4. The van der Waals surface area contributed by atoms with Gasteiger partial charge in [-0.3, -0.25) is 0 Å². The Morgan fingerprint density at radius 3 is 1.93 bits per heavy atom. The van der Waals surface area contributed by atoms with E-state index in [9.17, 15) is 44.3 Å². The molecule has 3 aromatic carbocycles. The van der Waals surface area contributed by atoms with Crippen molar-refractivity contribution in [2.45, 2.75) is 50.9 Å². The Morgan fingerprint density at radius 2 is 1.40 bits per heavy atom. The smallest absolute Gasteiger partial charge is 0.416 e. The Hall–Kier alpha value is -3.90. The van der Waals surface area contributed by atoms with E-state index in [-0.39, 0.29) is 17.5 Å². The van der Waals surface area contributed by atoms with Gasteiger partial charge in [0.2, 0.25) is 0 Å². The minimum absolute atomic E-state index is 0.0222. The number of nitrogens with zero attached hydrogens (tertiary/aromatic N) is 1. The van der Waals surface area contributed by atoms with Crippen LogP contribution in [0.4, 0.5) is 44.3 Å². The highest BCUT2D eigenvalue weighted by molar-refractivity contribution is 5.79. The fourth-order valence-corrected chi connectivity index (χ4v) is 4.76. The summed E-state index contributed by atoms with van der Waals surface area (Å²) in [5, 5.41) is 2.35. The van der Waals surface area contributed by atoms with E-state index >= 15 is 0 Å². The average Bonchev–Trinajstić information content (AvgIpc) is 3.26. The van der Waals surface area contributed by atoms with Gasteiger partial charge < -0.3 is 15.0 Å². The first kappa shape index (κ1) is 31.0. The molecule has 13 heteroatoms. The van der Waals surface area contributed by atoms with Gasteiger partial charge in [0.25, 0.3) is 0 Å². The fourth-order valence-electron chi connectivity index (χ4n) is 4.76. The van der Waals surface area contributed by atoms with Gasteiger partial charge in [-0.05, 0) is 70.6 Å². The SMILES string of the molecule is COc1ccc(C(C)C)cc1-c1ccc(C(F)(F)F)cc1CN1CC(c2cc(C(F)(F)F)cc(C(F)(F)F)c2)NC1=O. The first-order valence-electron chi connectivity index (χ1n) is 12.6. The van der Waals surface area contributed by atoms with Gasteiger partial charge in [0.15, 0.2) is 0 Å². The quantitative estimate of drug-likeness (QED) is 0.286. The van der Waals surface area contributed by atoms with Crippen molar-refractivity contribution >= 4 is 6.03 Å². The standard InChI is InChI=1S/C29H25F9N2O2/c1-15(2)16-4-7-25(42-3)23(11-16)22-6-5-19(27(30,31)32)10-18(22)13-40-14-24(39-26(40)41)17-8-20(28(33,34)35)12-21(9-17)29(36,37)38/h4-12,15,24H,13-14H2,1-3H3,(H,39,41). The van der Waals surface area contributed by atoms with Crippen LogP contribution in [0, 0.1) is 0 Å². The maximum absolute atomic E-state index is 13.7. The van der Waals surface area contributed by atoms with Crippen LogP contribution in [-0.4, -0.2) is 24.6 Å². The summed E-state index contributed by atoms with van der Waals surface area (Å²) in [7, 11) is 1.39. The molecule has 1 unspecified atom stereocenters. The van der Waals surface area contributed by atoms with Crippen LogP contribution in [0.2, 0.25) is 0 Å². The van der Waals surface area contributed by atoms with Crippen molar-refractivity contribution in [3.05, 3.63) is 88.0 Å². The number of methoxy groups -OCH3 is 1.